The third-order valence-electron chi connectivity index (χ3n) is 6.86. The summed E-state index contributed by atoms with van der Waals surface area (Å²) in [5.41, 5.74) is 2.44. The maximum atomic E-state index is 13.7. The Bertz CT molecular complexity index is 1440. The zero-order chi connectivity index (χ0) is 28.7. The normalized spacial score (nSPS) is 17.2. The van der Waals surface area contributed by atoms with Gasteiger partial charge in [0.1, 0.15) is 29.1 Å². The van der Waals surface area contributed by atoms with Gasteiger partial charge in [0.15, 0.2) is 5.76 Å². The number of sulfonamides is 1. The second-order valence-corrected chi connectivity index (χ2v) is 11.4. The first-order chi connectivity index (χ1) is 19.3. The van der Waals surface area contributed by atoms with Crippen molar-refractivity contribution < 1.29 is 36.6 Å². The van der Waals surface area contributed by atoms with Gasteiger partial charge in [-0.1, -0.05) is 37.3 Å². The van der Waals surface area contributed by atoms with Crippen LogP contribution < -0.4 is 10.1 Å². The van der Waals surface area contributed by atoms with Crippen molar-refractivity contribution in [3.63, 3.8) is 0 Å². The highest BCUT2D eigenvalue weighted by Gasteiger charge is 2.34. The number of benzene rings is 2. The minimum absolute atomic E-state index is 0.0224. The summed E-state index contributed by atoms with van der Waals surface area (Å²) in [7, 11) is -2.28. The Hall–Kier alpha value is -3.67. The van der Waals surface area contributed by atoms with Crippen molar-refractivity contribution in [3.8, 4) is 5.75 Å². The molecule has 1 unspecified atom stereocenters. The van der Waals surface area contributed by atoms with Crippen LogP contribution in [0.1, 0.15) is 52.3 Å². The van der Waals surface area contributed by atoms with Crippen LogP contribution in [0.3, 0.4) is 0 Å². The van der Waals surface area contributed by atoms with Gasteiger partial charge in [0, 0.05) is 20.2 Å². The number of aryl methyl sites for hydroxylation is 1. The molecule has 0 saturated carbocycles. The van der Waals surface area contributed by atoms with Gasteiger partial charge in [0.2, 0.25) is 10.0 Å². The summed E-state index contributed by atoms with van der Waals surface area (Å²) in [5, 5.41) is 2.71. The zero-order valence-electron chi connectivity index (χ0n) is 22.8. The number of ether oxygens (including phenoxy) is 3. The lowest BCUT2D eigenvalue weighted by Gasteiger charge is -2.24. The molecular formula is C29H34N2O8S. The molecule has 2 heterocycles. The van der Waals surface area contributed by atoms with E-state index in [1.807, 2.05) is 32.0 Å². The number of furan rings is 1. The summed E-state index contributed by atoms with van der Waals surface area (Å²) in [6.07, 6.45) is 0.344. The molecule has 1 aromatic heterocycles. The highest BCUT2D eigenvalue weighted by Crippen LogP contribution is 2.34. The Labute approximate surface area is 234 Å². The van der Waals surface area contributed by atoms with Crippen LogP contribution in [0.2, 0.25) is 0 Å². The third-order valence-corrected chi connectivity index (χ3v) is 8.71. The molecular weight excluding hydrogens is 536 g/mol. The van der Waals surface area contributed by atoms with Gasteiger partial charge in [-0.15, -0.1) is 0 Å². The van der Waals surface area contributed by atoms with Gasteiger partial charge in [0.25, 0.3) is 12.4 Å². The number of para-hydroxylation sites is 1. The first-order valence-electron chi connectivity index (χ1n) is 13.1. The highest BCUT2D eigenvalue weighted by atomic mass is 32.2. The van der Waals surface area contributed by atoms with Crippen molar-refractivity contribution in [1.82, 2.24) is 9.62 Å². The number of fused-ring (bicyclic) bond motifs is 1. The third kappa shape index (κ3) is 6.55. The lowest BCUT2D eigenvalue weighted by Crippen LogP contribution is -2.36. The van der Waals surface area contributed by atoms with E-state index in [0.717, 1.165) is 16.7 Å². The SMILES string of the molecule is CC[C@@H]1CN(Cc2cc(C(COC=O)c3ccc(C(=O)NCCOC)o3)ccc2C)S(=O)(=O)c2ccccc2O1. The second-order valence-electron chi connectivity index (χ2n) is 9.51. The lowest BCUT2D eigenvalue weighted by atomic mass is 9.93. The first-order valence-corrected chi connectivity index (χ1v) is 14.5. The Morgan fingerprint density at radius 1 is 1.20 bits per heavy atom. The summed E-state index contributed by atoms with van der Waals surface area (Å²) < 4.78 is 50.7. The first kappa shape index (κ1) is 29.3. The summed E-state index contributed by atoms with van der Waals surface area (Å²) in [4.78, 5) is 23.6. The largest absolute Gasteiger partial charge is 0.488 e. The monoisotopic (exact) mass is 570 g/mol. The predicted molar refractivity (Wildman–Crippen MR) is 147 cm³/mol. The highest BCUT2D eigenvalue weighted by molar-refractivity contribution is 7.89. The van der Waals surface area contributed by atoms with Crippen molar-refractivity contribution >= 4 is 22.4 Å². The summed E-state index contributed by atoms with van der Waals surface area (Å²) in [5.74, 6) is 0.00707. The van der Waals surface area contributed by atoms with Gasteiger partial charge in [-0.3, -0.25) is 9.59 Å². The molecule has 11 heteroatoms. The fourth-order valence-corrected chi connectivity index (χ4v) is 6.14. The number of carbonyl (C=O) groups is 2. The molecule has 3 aromatic rings. The number of nitrogens with zero attached hydrogens (tertiary/aromatic N) is 1. The van der Waals surface area contributed by atoms with Gasteiger partial charge >= 0.3 is 0 Å². The number of carbonyl (C=O) groups excluding carboxylic acids is 2. The maximum Gasteiger partial charge on any atom is 0.293 e. The van der Waals surface area contributed by atoms with Gasteiger partial charge in [-0.2, -0.15) is 4.31 Å². The van der Waals surface area contributed by atoms with Gasteiger partial charge in [0.05, 0.1) is 19.1 Å². The lowest BCUT2D eigenvalue weighted by molar-refractivity contribution is -0.129. The molecule has 0 saturated heterocycles. The van der Waals surface area contributed by atoms with E-state index in [4.69, 9.17) is 18.6 Å². The molecule has 2 atom stereocenters. The van der Waals surface area contributed by atoms with Crippen LogP contribution in [0.25, 0.3) is 0 Å². The predicted octanol–water partition coefficient (Wildman–Crippen LogP) is 3.63. The number of amides is 1. The van der Waals surface area contributed by atoms with E-state index in [0.29, 0.717) is 37.6 Å². The Balaban J connectivity index is 1.64. The van der Waals surface area contributed by atoms with Crippen LogP contribution in [-0.2, 0) is 30.8 Å². The van der Waals surface area contributed by atoms with Crippen LogP contribution in [0, 0.1) is 6.92 Å². The van der Waals surface area contributed by atoms with E-state index in [1.54, 1.807) is 43.5 Å². The Kier molecular flexibility index (Phi) is 9.62. The van der Waals surface area contributed by atoms with E-state index < -0.39 is 15.9 Å². The molecule has 0 aliphatic carbocycles. The minimum Gasteiger partial charge on any atom is -0.488 e. The summed E-state index contributed by atoms with van der Waals surface area (Å²) >= 11 is 0. The Morgan fingerprint density at radius 2 is 2.00 bits per heavy atom. The van der Waals surface area contributed by atoms with Gasteiger partial charge < -0.3 is 23.9 Å². The molecule has 10 nitrogen and oxygen atoms in total. The molecule has 214 valence electrons. The van der Waals surface area contributed by atoms with E-state index in [1.165, 1.54) is 4.31 Å². The van der Waals surface area contributed by atoms with Gasteiger partial charge in [-0.05, 0) is 54.3 Å². The van der Waals surface area contributed by atoms with Crippen LogP contribution >= 0.6 is 0 Å². The summed E-state index contributed by atoms with van der Waals surface area (Å²) in [6.45, 7) is 5.24. The number of nitrogens with one attached hydrogen (secondary N) is 1. The van der Waals surface area contributed by atoms with Crippen molar-refractivity contribution in [1.29, 1.82) is 0 Å². The van der Waals surface area contributed by atoms with Crippen molar-refractivity contribution in [3.05, 3.63) is 82.8 Å². The Morgan fingerprint density at radius 3 is 2.75 bits per heavy atom. The fraction of sp³-hybridized carbons (Fsp3) is 0.379. The molecule has 1 N–H and O–H groups in total. The second kappa shape index (κ2) is 13.1. The molecule has 2 aromatic carbocycles. The van der Waals surface area contributed by atoms with Crippen LogP contribution in [0.15, 0.2) is 63.9 Å². The van der Waals surface area contributed by atoms with Crippen molar-refractivity contribution in [2.45, 2.75) is 43.7 Å². The zero-order valence-corrected chi connectivity index (χ0v) is 23.6. The average Bonchev–Trinajstić information content (AvgIpc) is 3.40. The number of methoxy groups -OCH3 is 1. The smallest absolute Gasteiger partial charge is 0.293 e. The molecule has 1 aliphatic heterocycles. The fourth-order valence-electron chi connectivity index (χ4n) is 4.57. The quantitative estimate of drug-likeness (QED) is 0.259. The number of hydrogen-bond donors (Lipinski definition) is 1. The van der Waals surface area contributed by atoms with Gasteiger partial charge in [-0.25, -0.2) is 8.42 Å². The van der Waals surface area contributed by atoms with Crippen molar-refractivity contribution in [2.24, 2.45) is 0 Å². The number of hydrogen-bond acceptors (Lipinski definition) is 8. The van der Waals surface area contributed by atoms with Crippen LogP contribution in [0.4, 0.5) is 0 Å². The minimum atomic E-state index is -3.83. The average molecular weight is 571 g/mol. The standard InChI is InChI=1S/C29H34N2O8S/c1-4-23-17-31(40(34,35)28-8-6-5-7-26(28)38-23)16-22-15-21(10-9-20(22)2)24(18-37-19-32)25-11-12-27(39-25)29(33)30-13-14-36-3/h5-12,15,19,23-24H,4,13-14,16-18H2,1-3H3,(H,30,33)/t23-,24?/m1/s1. The maximum absolute atomic E-state index is 13.7. The molecule has 40 heavy (non-hydrogen) atoms. The molecule has 0 bridgehead atoms. The van der Waals surface area contributed by atoms with E-state index in [-0.39, 0.29) is 42.4 Å². The van der Waals surface area contributed by atoms with Crippen molar-refractivity contribution in [2.75, 3.05) is 33.4 Å². The molecule has 0 radical (unpaired) electrons. The van der Waals surface area contributed by atoms with E-state index >= 15 is 0 Å². The topological polar surface area (TPSA) is 124 Å². The molecule has 1 amide bonds. The molecule has 0 fully saturated rings. The molecule has 1 aliphatic rings. The number of rotatable bonds is 12. The molecule has 4 rings (SSSR count). The molecule has 0 spiro atoms. The van der Waals surface area contributed by atoms with E-state index in [2.05, 4.69) is 5.32 Å². The van der Waals surface area contributed by atoms with Crippen LogP contribution in [-0.4, -0.2) is 64.6 Å². The van der Waals surface area contributed by atoms with Crippen LogP contribution in [0.5, 0.6) is 5.75 Å². The van der Waals surface area contributed by atoms with E-state index in [9.17, 15) is 18.0 Å². The summed E-state index contributed by atoms with van der Waals surface area (Å²) in [6, 6.07) is 15.6.